The molecule has 1 aliphatic carbocycles. The smallest absolute Gasteiger partial charge is 0.311 e. The molecule has 0 unspecified atom stereocenters. The van der Waals surface area contributed by atoms with E-state index in [0.717, 1.165) is 66.2 Å². The molecule has 0 atom stereocenters. The van der Waals surface area contributed by atoms with Gasteiger partial charge in [-0.1, -0.05) is 30.0 Å². The molecule has 1 aromatic carbocycles. The maximum atomic E-state index is 13.0. The Bertz CT molecular complexity index is 1180. The van der Waals surface area contributed by atoms with E-state index in [-0.39, 0.29) is 11.6 Å². The Morgan fingerprint density at radius 2 is 1.87 bits per heavy atom. The summed E-state index contributed by atoms with van der Waals surface area (Å²) in [7, 11) is 0. The van der Waals surface area contributed by atoms with Crippen LogP contribution in [0.3, 0.4) is 0 Å². The van der Waals surface area contributed by atoms with Crippen molar-refractivity contribution in [2.24, 2.45) is 0 Å². The number of anilines is 1. The minimum absolute atomic E-state index is 0.0756. The molecular formula is C24H24N4O2S. The number of fused-ring (bicyclic) bond motifs is 2. The fraction of sp³-hybridized carbons (Fsp3) is 0.333. The zero-order valence-electron chi connectivity index (χ0n) is 17.3. The Labute approximate surface area is 185 Å². The Balaban J connectivity index is 1.36. The number of aromatic nitrogens is 3. The number of aryl methyl sites for hydroxylation is 1. The fourth-order valence-electron chi connectivity index (χ4n) is 4.54. The monoisotopic (exact) mass is 432 g/mol. The van der Waals surface area contributed by atoms with Crippen molar-refractivity contribution in [2.45, 2.75) is 43.7 Å². The first-order chi connectivity index (χ1) is 15.2. The van der Waals surface area contributed by atoms with Crippen LogP contribution in [0.15, 0.2) is 58.6 Å². The Kier molecular flexibility index (Phi) is 5.59. The van der Waals surface area contributed by atoms with Crippen molar-refractivity contribution in [3.8, 4) is 0 Å². The molecule has 0 radical (unpaired) electrons. The summed E-state index contributed by atoms with van der Waals surface area (Å²) in [4.78, 5) is 36.2. The molecule has 0 spiro atoms. The number of carbonyl (C=O) groups is 1. The van der Waals surface area contributed by atoms with Gasteiger partial charge in [0.05, 0.1) is 12.3 Å². The van der Waals surface area contributed by atoms with Crippen LogP contribution in [-0.2, 0) is 30.6 Å². The van der Waals surface area contributed by atoms with Crippen molar-refractivity contribution in [2.75, 3.05) is 17.2 Å². The van der Waals surface area contributed by atoms with Crippen LogP contribution in [0.1, 0.15) is 35.2 Å². The van der Waals surface area contributed by atoms with E-state index in [2.05, 4.69) is 16.0 Å². The van der Waals surface area contributed by atoms with Crippen LogP contribution in [0.25, 0.3) is 0 Å². The molecule has 0 saturated carbocycles. The van der Waals surface area contributed by atoms with E-state index in [1.165, 1.54) is 17.3 Å². The van der Waals surface area contributed by atoms with Crippen molar-refractivity contribution < 1.29 is 4.79 Å². The molecule has 158 valence electrons. The van der Waals surface area contributed by atoms with Crippen LogP contribution in [-0.4, -0.2) is 32.7 Å². The van der Waals surface area contributed by atoms with E-state index >= 15 is 0 Å². The van der Waals surface area contributed by atoms with Crippen molar-refractivity contribution in [1.82, 2.24) is 14.5 Å². The molecule has 3 aromatic rings. The average molecular weight is 433 g/mol. The number of hydrogen-bond acceptors (Lipinski definition) is 5. The summed E-state index contributed by atoms with van der Waals surface area (Å²) in [6, 6.07) is 12.0. The van der Waals surface area contributed by atoms with Gasteiger partial charge in [-0.25, -0.2) is 4.79 Å². The zero-order chi connectivity index (χ0) is 21.2. The summed E-state index contributed by atoms with van der Waals surface area (Å²) in [5, 5.41) is 0.724. The summed E-state index contributed by atoms with van der Waals surface area (Å²) < 4.78 is 1.78. The number of amides is 1. The molecule has 5 rings (SSSR count). The SMILES string of the molecule is O=C(CSc1nc(=O)n(Cc2ccncc2)c2c1CCC2)N1CCCc2ccccc21. The van der Waals surface area contributed by atoms with Gasteiger partial charge in [-0.05, 0) is 61.4 Å². The van der Waals surface area contributed by atoms with Crippen molar-refractivity contribution in [3.05, 3.63) is 81.7 Å². The summed E-state index contributed by atoms with van der Waals surface area (Å²) in [6.07, 6.45) is 8.26. The Hall–Kier alpha value is -2.93. The van der Waals surface area contributed by atoms with E-state index in [0.29, 0.717) is 12.3 Å². The average Bonchev–Trinajstić information content (AvgIpc) is 3.30. The molecule has 1 amide bonds. The quantitative estimate of drug-likeness (QED) is 0.457. The van der Waals surface area contributed by atoms with Gasteiger partial charge >= 0.3 is 5.69 Å². The highest BCUT2D eigenvalue weighted by atomic mass is 32.2. The minimum atomic E-state index is -0.240. The van der Waals surface area contributed by atoms with Gasteiger partial charge < -0.3 is 4.90 Å². The molecule has 2 aromatic heterocycles. The highest BCUT2D eigenvalue weighted by Gasteiger charge is 2.25. The normalized spacial score (nSPS) is 14.9. The minimum Gasteiger partial charge on any atom is -0.311 e. The molecule has 0 bridgehead atoms. The van der Waals surface area contributed by atoms with Gasteiger partial charge in [-0.2, -0.15) is 4.98 Å². The summed E-state index contributed by atoms with van der Waals surface area (Å²) in [6.45, 7) is 1.25. The maximum Gasteiger partial charge on any atom is 0.349 e. The van der Waals surface area contributed by atoms with Crippen LogP contribution in [0.5, 0.6) is 0 Å². The molecule has 0 fully saturated rings. The van der Waals surface area contributed by atoms with Gasteiger partial charge in [0.15, 0.2) is 0 Å². The van der Waals surface area contributed by atoms with Crippen LogP contribution in [0.2, 0.25) is 0 Å². The lowest BCUT2D eigenvalue weighted by molar-refractivity contribution is -0.116. The van der Waals surface area contributed by atoms with Gasteiger partial charge in [0, 0.05) is 35.9 Å². The molecule has 2 aliphatic rings. The molecule has 3 heterocycles. The number of nitrogens with zero attached hydrogens (tertiary/aromatic N) is 4. The number of carbonyl (C=O) groups excluding carboxylic acids is 1. The number of rotatable bonds is 5. The second-order valence-electron chi connectivity index (χ2n) is 7.99. The lowest BCUT2D eigenvalue weighted by Crippen LogP contribution is -2.36. The second-order valence-corrected chi connectivity index (χ2v) is 8.95. The highest BCUT2D eigenvalue weighted by Crippen LogP contribution is 2.31. The van der Waals surface area contributed by atoms with Crippen LogP contribution >= 0.6 is 11.8 Å². The van der Waals surface area contributed by atoms with Crippen molar-refractivity contribution >= 4 is 23.4 Å². The first-order valence-corrected chi connectivity index (χ1v) is 11.7. The molecule has 31 heavy (non-hydrogen) atoms. The topological polar surface area (TPSA) is 68.1 Å². The van der Waals surface area contributed by atoms with Crippen LogP contribution in [0.4, 0.5) is 5.69 Å². The third-order valence-electron chi connectivity index (χ3n) is 6.03. The lowest BCUT2D eigenvalue weighted by atomic mass is 10.0. The van der Waals surface area contributed by atoms with Crippen molar-refractivity contribution in [1.29, 1.82) is 0 Å². The molecular weight excluding hydrogens is 408 g/mol. The van der Waals surface area contributed by atoms with E-state index < -0.39 is 0 Å². The van der Waals surface area contributed by atoms with Gasteiger partial charge in [-0.3, -0.25) is 14.3 Å². The number of thioether (sulfide) groups is 1. The summed E-state index contributed by atoms with van der Waals surface area (Å²) in [5.41, 5.74) is 5.23. The first kappa shape index (κ1) is 20.0. The third-order valence-corrected chi connectivity index (χ3v) is 7.04. The predicted molar refractivity (Wildman–Crippen MR) is 122 cm³/mol. The van der Waals surface area contributed by atoms with E-state index in [1.54, 1.807) is 17.0 Å². The Morgan fingerprint density at radius 1 is 1.03 bits per heavy atom. The lowest BCUT2D eigenvalue weighted by Gasteiger charge is -2.29. The van der Waals surface area contributed by atoms with E-state index in [1.807, 2.05) is 35.2 Å². The highest BCUT2D eigenvalue weighted by molar-refractivity contribution is 8.00. The van der Waals surface area contributed by atoms with E-state index in [9.17, 15) is 9.59 Å². The molecule has 7 heteroatoms. The third kappa shape index (κ3) is 4.02. The van der Waals surface area contributed by atoms with Gasteiger partial charge in [0.1, 0.15) is 5.03 Å². The summed E-state index contributed by atoms with van der Waals surface area (Å²) in [5.74, 6) is 0.369. The second kappa shape index (κ2) is 8.67. The first-order valence-electron chi connectivity index (χ1n) is 10.7. The number of pyridine rings is 1. The van der Waals surface area contributed by atoms with E-state index in [4.69, 9.17) is 0 Å². The van der Waals surface area contributed by atoms with Gasteiger partial charge in [0.25, 0.3) is 0 Å². The number of para-hydroxylation sites is 1. The standard InChI is InChI=1S/C24H24N4O2S/c29-22(27-14-4-6-18-5-1-2-8-20(18)27)16-31-23-19-7-3-9-21(19)28(24(30)26-23)15-17-10-12-25-13-11-17/h1-2,5,8,10-13H,3-4,6-7,9,14-16H2. The number of benzene rings is 1. The molecule has 0 saturated heterocycles. The number of hydrogen-bond donors (Lipinski definition) is 0. The maximum absolute atomic E-state index is 13.0. The van der Waals surface area contributed by atoms with Crippen LogP contribution < -0.4 is 10.6 Å². The largest absolute Gasteiger partial charge is 0.349 e. The predicted octanol–water partition coefficient (Wildman–Crippen LogP) is 3.25. The van der Waals surface area contributed by atoms with Gasteiger partial charge in [-0.15, -0.1) is 0 Å². The zero-order valence-corrected chi connectivity index (χ0v) is 18.1. The molecule has 0 N–H and O–H groups in total. The Morgan fingerprint density at radius 3 is 2.74 bits per heavy atom. The van der Waals surface area contributed by atoms with Crippen LogP contribution in [0, 0.1) is 0 Å². The molecule has 6 nitrogen and oxygen atoms in total. The summed E-state index contributed by atoms with van der Waals surface area (Å²) >= 11 is 1.41. The van der Waals surface area contributed by atoms with Gasteiger partial charge in [0.2, 0.25) is 5.91 Å². The molecule has 1 aliphatic heterocycles. The fourth-order valence-corrected chi connectivity index (χ4v) is 5.49. The van der Waals surface area contributed by atoms with Crippen molar-refractivity contribution in [3.63, 3.8) is 0 Å².